The number of hydrogen-bond acceptors (Lipinski definition) is 29. The summed E-state index contributed by atoms with van der Waals surface area (Å²) in [6, 6.07) is 1.13. The fourth-order valence-corrected chi connectivity index (χ4v) is 15.4. The van der Waals surface area contributed by atoms with Gasteiger partial charge in [0.2, 0.25) is 0 Å². The molecule has 0 aromatic rings. The summed E-state index contributed by atoms with van der Waals surface area (Å²) in [6.07, 6.45) is 3.07. The molecule has 4 radical (unpaired) electrons. The quantitative estimate of drug-likeness (QED) is 0.0203. The summed E-state index contributed by atoms with van der Waals surface area (Å²) in [4.78, 5) is 0. The number of ether oxygens (including phenoxy) is 6. The van der Waals surface area contributed by atoms with E-state index in [2.05, 4.69) is 59.8 Å². The maximum atomic E-state index is 12.3. The van der Waals surface area contributed by atoms with Gasteiger partial charge in [-0.1, -0.05) is 87.0 Å². The van der Waals surface area contributed by atoms with Crippen molar-refractivity contribution in [3.63, 3.8) is 0 Å². The fraction of sp³-hybridized carbons (Fsp3) is 1.00. The van der Waals surface area contributed by atoms with Gasteiger partial charge in [-0.05, 0) is 99.6 Å². The van der Waals surface area contributed by atoms with Crippen LogP contribution in [0, 0.1) is 17.8 Å². The molecule has 16 unspecified atom stereocenters. The van der Waals surface area contributed by atoms with Gasteiger partial charge >= 0.3 is 33.0 Å². The molecule has 3 saturated heterocycles. The monoisotopic (exact) mass is 1850 g/mol. The largest absolute Gasteiger partial charge is 0.394 e. The maximum absolute atomic E-state index is 12.3. The zero-order chi connectivity index (χ0) is 72.7. The molecule has 0 aromatic carbocycles. The molecule has 100 heavy (non-hydrogen) atoms. The smallest absolute Gasteiger partial charge is 0.319 e. The summed E-state index contributed by atoms with van der Waals surface area (Å²) in [5.41, 5.74) is 0. The molecule has 590 valence electrons. The Balaban J connectivity index is -0.000000542. The van der Waals surface area contributed by atoms with Gasteiger partial charge in [0.1, 0.15) is 44.9 Å². The number of rotatable bonds is 50. The van der Waals surface area contributed by atoms with Crippen LogP contribution >= 0.6 is 41.3 Å². The molecular formula is C62H132NO28P5Y4. The third-order valence-corrected chi connectivity index (χ3v) is 22.0. The van der Waals surface area contributed by atoms with E-state index >= 15 is 0 Å². The van der Waals surface area contributed by atoms with Crippen molar-refractivity contribution in [3.8, 4) is 0 Å². The van der Waals surface area contributed by atoms with Crippen molar-refractivity contribution in [1.29, 1.82) is 0 Å². The van der Waals surface area contributed by atoms with Gasteiger partial charge in [-0.3, -0.25) is 22.9 Å². The number of aliphatic hydroxyl groups excluding tert-OH is 9. The van der Waals surface area contributed by atoms with E-state index in [0.29, 0.717) is 56.8 Å². The Morgan fingerprint density at radius 3 is 1.28 bits per heavy atom. The standard InChI is InChI=1S/C33H67O19P3.C14H29O5P.C12H28NOP.C3H8O3.4Y/c1-23-28(36)30(38)26(20-34)50-32(23)44-15-10-6-4-8-12-17-46-54(41)48-19-14-25(52-53(40)43-3)22-49-55(42)47-18-13-9-5-7-11-16-45-33-24(2)29(37)31(39)27(21-35)51-33;1-6-12(7-2)19-20(15)17-9-13-14(16-8-3)10(4)11(5)18-13;1-8-12(9-2)14-15(7)13(10(3)4)11(5)6;4-1-3(6)2-5;;;;/h23-39,53-55H,4-22H2,1-3H3;10-14,20H,6-9H2,1-5H3;10-12H,8-9H2,1-7H3;3-6H,1-2H2;;;;/t;10-,11-,13+,14-;;;;;;/m.0....../s1. The van der Waals surface area contributed by atoms with E-state index in [1.165, 1.54) is 7.11 Å². The van der Waals surface area contributed by atoms with Crippen LogP contribution in [0.2, 0.25) is 0 Å². The first-order chi connectivity index (χ1) is 45.7. The number of nitrogens with zero attached hydrogens (tertiary/aromatic N) is 1. The van der Waals surface area contributed by atoms with Crippen LogP contribution in [-0.2, 0) is 218 Å². The Morgan fingerprint density at radius 2 is 0.890 bits per heavy atom. The number of aliphatic hydroxyl groups is 9. The normalized spacial score (nSPS) is 26.2. The van der Waals surface area contributed by atoms with Gasteiger partial charge in [0, 0.05) is 194 Å². The first-order valence-electron chi connectivity index (χ1n) is 34.7. The molecule has 9 N–H and O–H groups in total. The Labute approximate surface area is 703 Å². The van der Waals surface area contributed by atoms with E-state index in [4.69, 9.17) is 84.5 Å². The van der Waals surface area contributed by atoms with Crippen LogP contribution < -0.4 is 0 Å². The van der Waals surface area contributed by atoms with E-state index in [0.717, 1.165) is 77.0 Å². The van der Waals surface area contributed by atoms with E-state index in [1.54, 1.807) is 13.8 Å². The van der Waals surface area contributed by atoms with Crippen molar-refractivity contribution >= 4 is 41.3 Å². The zero-order valence-electron chi connectivity index (χ0n) is 62.6. The summed E-state index contributed by atoms with van der Waals surface area (Å²) in [7, 11) is -10.1. The minimum atomic E-state index is -2.85. The molecule has 0 aromatic heterocycles. The Bertz CT molecular complexity index is 1960. The van der Waals surface area contributed by atoms with Crippen molar-refractivity contribution in [1.82, 2.24) is 4.67 Å². The average molecular weight is 1850 g/mol. The van der Waals surface area contributed by atoms with Crippen molar-refractivity contribution < 1.29 is 264 Å². The van der Waals surface area contributed by atoms with Gasteiger partial charge in [0.15, 0.2) is 12.6 Å². The van der Waals surface area contributed by atoms with Crippen LogP contribution in [0.1, 0.15) is 186 Å². The summed E-state index contributed by atoms with van der Waals surface area (Å²) in [5.74, 6) is -0.557. The molecule has 0 spiro atoms. The van der Waals surface area contributed by atoms with E-state index in [9.17, 15) is 48.9 Å². The van der Waals surface area contributed by atoms with Crippen molar-refractivity contribution in [2.45, 2.75) is 290 Å². The number of hydrogen-bond donors (Lipinski definition) is 9. The van der Waals surface area contributed by atoms with Gasteiger partial charge in [0.05, 0.1) is 102 Å². The molecule has 38 heteroatoms. The van der Waals surface area contributed by atoms with Gasteiger partial charge < -0.3 is 115 Å². The predicted molar refractivity (Wildman–Crippen MR) is 369 cm³/mol. The van der Waals surface area contributed by atoms with Gasteiger partial charge in [-0.25, -0.2) is 0 Å². The van der Waals surface area contributed by atoms with Gasteiger partial charge in [0.25, 0.3) is 0 Å². The van der Waals surface area contributed by atoms with E-state index in [-0.39, 0.29) is 208 Å². The molecule has 0 bridgehead atoms. The first-order valence-corrected chi connectivity index (χ1v) is 41.3. The first kappa shape index (κ1) is 113. The van der Waals surface area contributed by atoms with Gasteiger partial charge in [-0.2, -0.15) is 0 Å². The maximum Gasteiger partial charge on any atom is 0.319 e. The Hall–Kier alpha value is 4.77. The second kappa shape index (κ2) is 70.4. The van der Waals surface area contributed by atoms with Crippen molar-refractivity contribution in [3.05, 3.63) is 0 Å². The molecule has 20 atom stereocenters. The third-order valence-electron chi connectivity index (χ3n) is 16.4. The average Bonchev–Trinajstić information content (AvgIpc) is 1.01. The van der Waals surface area contributed by atoms with Gasteiger partial charge in [-0.15, -0.1) is 0 Å². The van der Waals surface area contributed by atoms with Crippen molar-refractivity contribution in [2.24, 2.45) is 17.8 Å². The molecule has 0 saturated carbocycles. The Morgan fingerprint density at radius 1 is 0.480 bits per heavy atom. The van der Waals surface area contributed by atoms with E-state index in [1.807, 2.05) is 27.7 Å². The molecule has 3 heterocycles. The molecule has 3 aliphatic rings. The molecule has 29 nitrogen and oxygen atoms in total. The summed E-state index contributed by atoms with van der Waals surface area (Å²) in [6.45, 7) is 29.5. The minimum Gasteiger partial charge on any atom is -0.394 e. The van der Waals surface area contributed by atoms with E-state index < -0.39 is 128 Å². The van der Waals surface area contributed by atoms with Crippen LogP contribution in [0.5, 0.6) is 0 Å². The predicted octanol–water partition coefficient (Wildman–Crippen LogP) is 8.73. The Kier molecular flexibility index (Phi) is 79.8. The SMILES string of the molecule is CCC(CC)OP(C)N(C(C)C)C(C)C.CCO[C@H]1[C@@H](C)[C@H](C)O[C@@H]1CO[PH](=O)OC(CC)CC.CO[PH](=O)OC(CCO[PH](=O)OCCCCCCCOC1OC(CO)C(O)C(O)C1C)CO[PH](=O)OCCCCCCCOC1OC(CO)C(O)C(O)C1C.OCC(O)CO.[Y].[Y].[Y].[Y]. The number of unbranched alkanes of at least 4 members (excludes halogenated alkanes) is 8. The summed E-state index contributed by atoms with van der Waals surface area (Å²) >= 11 is 0. The summed E-state index contributed by atoms with van der Waals surface area (Å²) < 4.78 is 133. The second-order valence-corrected chi connectivity index (χ2v) is 30.5. The van der Waals surface area contributed by atoms with Crippen molar-refractivity contribution in [2.75, 3.05) is 93.1 Å². The third kappa shape index (κ3) is 50.1. The molecule has 3 fully saturated rings. The molecular weight excluding hydrogens is 1720 g/mol. The van der Waals surface area contributed by atoms with Crippen LogP contribution in [0.4, 0.5) is 0 Å². The molecule has 0 amide bonds. The van der Waals surface area contributed by atoms with Crippen LogP contribution in [-0.4, -0.2) is 248 Å². The molecule has 3 rings (SSSR count). The second-order valence-electron chi connectivity index (χ2n) is 24.6. The zero-order valence-corrected chi connectivity index (χ0v) is 78.9. The van der Waals surface area contributed by atoms with Crippen LogP contribution in [0.15, 0.2) is 0 Å². The molecule has 0 aliphatic carbocycles. The minimum absolute atomic E-state index is 0. The fourth-order valence-electron chi connectivity index (χ4n) is 10.3. The topological polar surface area (TPSA) is 392 Å². The van der Waals surface area contributed by atoms with Crippen LogP contribution in [0.3, 0.4) is 0 Å². The molecule has 3 aliphatic heterocycles. The summed E-state index contributed by atoms with van der Waals surface area (Å²) in [5, 5.41) is 82.8. The van der Waals surface area contributed by atoms with Crippen LogP contribution in [0.25, 0.3) is 0 Å².